The van der Waals surface area contributed by atoms with Gasteiger partial charge in [-0.15, -0.1) is 5.10 Å². The second kappa shape index (κ2) is 8.64. The number of aromatic amines is 1. The summed E-state index contributed by atoms with van der Waals surface area (Å²) >= 11 is 0. The minimum Gasteiger partial charge on any atom is -0.465 e. The van der Waals surface area contributed by atoms with Crippen LogP contribution in [-0.2, 0) is 0 Å². The van der Waals surface area contributed by atoms with Crippen LogP contribution < -0.4 is 10.6 Å². The number of pyridine rings is 1. The Hall–Kier alpha value is -4.60. The van der Waals surface area contributed by atoms with E-state index in [4.69, 9.17) is 5.11 Å². The first kappa shape index (κ1) is 21.0. The molecule has 3 aromatic heterocycles. The van der Waals surface area contributed by atoms with Crippen LogP contribution >= 0.6 is 0 Å². The van der Waals surface area contributed by atoms with E-state index in [2.05, 4.69) is 43.0 Å². The third-order valence-corrected chi connectivity index (χ3v) is 6.35. The van der Waals surface area contributed by atoms with Crippen LogP contribution in [0.3, 0.4) is 0 Å². The summed E-state index contributed by atoms with van der Waals surface area (Å²) in [4.78, 5) is 17.2. The second-order valence-corrected chi connectivity index (χ2v) is 8.63. The highest BCUT2D eigenvalue weighted by Gasteiger charge is 2.23. The molecule has 10 heteroatoms. The highest BCUT2D eigenvalue weighted by atomic mass is 16.4. The van der Waals surface area contributed by atoms with Crippen molar-refractivity contribution in [3.63, 3.8) is 0 Å². The summed E-state index contributed by atoms with van der Waals surface area (Å²) in [6, 6.07) is 22.2. The molecule has 1 amide bonds. The molecule has 176 valence electrons. The molecule has 0 unspecified atom stereocenters. The molecule has 10 nitrogen and oxygen atoms in total. The predicted molar refractivity (Wildman–Crippen MR) is 134 cm³/mol. The van der Waals surface area contributed by atoms with Gasteiger partial charge < -0.3 is 20.6 Å². The number of nitrogens with one attached hydrogen (secondary N) is 3. The zero-order chi connectivity index (χ0) is 23.8. The summed E-state index contributed by atoms with van der Waals surface area (Å²) in [6.07, 6.45) is 0.653. The number of nitrogens with zero attached hydrogens (tertiary/aromatic N) is 5. The normalized spacial score (nSPS) is 14.5. The van der Waals surface area contributed by atoms with Gasteiger partial charge >= 0.3 is 6.09 Å². The van der Waals surface area contributed by atoms with E-state index in [0.29, 0.717) is 19.0 Å². The number of fused-ring (bicyclic) bond motifs is 2. The number of likely N-dealkylation sites (tertiary alicyclic amines) is 1. The van der Waals surface area contributed by atoms with E-state index < -0.39 is 6.09 Å². The summed E-state index contributed by atoms with van der Waals surface area (Å²) < 4.78 is 1.84. The van der Waals surface area contributed by atoms with Crippen LogP contribution in [0.15, 0.2) is 66.7 Å². The number of amides is 1. The Bertz CT molecular complexity index is 1500. The van der Waals surface area contributed by atoms with Gasteiger partial charge in [-0.3, -0.25) is 5.10 Å². The average Bonchev–Trinajstić information content (AvgIpc) is 3.48. The SMILES string of the molecule is O=C(O)N1CCC(Nc2n[nH]c3cc(Nc4nc5cccc(-c6ccccc6)n5n4)ccc23)CC1. The second-order valence-electron chi connectivity index (χ2n) is 8.63. The van der Waals surface area contributed by atoms with Gasteiger partial charge in [0.2, 0.25) is 5.95 Å². The van der Waals surface area contributed by atoms with Crippen LogP contribution in [0.25, 0.3) is 27.8 Å². The van der Waals surface area contributed by atoms with E-state index in [1.54, 1.807) is 0 Å². The molecule has 1 aliphatic heterocycles. The van der Waals surface area contributed by atoms with E-state index in [9.17, 15) is 4.79 Å². The zero-order valence-corrected chi connectivity index (χ0v) is 18.8. The fourth-order valence-electron chi connectivity index (χ4n) is 4.53. The van der Waals surface area contributed by atoms with Crippen molar-refractivity contribution in [1.29, 1.82) is 0 Å². The molecule has 0 atom stereocenters. The maximum atomic E-state index is 11.1. The van der Waals surface area contributed by atoms with Gasteiger partial charge in [-0.1, -0.05) is 36.4 Å². The summed E-state index contributed by atoms with van der Waals surface area (Å²) in [6.45, 7) is 1.06. The maximum Gasteiger partial charge on any atom is 0.407 e. The van der Waals surface area contributed by atoms with Gasteiger partial charge in [0.05, 0.1) is 11.2 Å². The molecule has 0 aliphatic carbocycles. The summed E-state index contributed by atoms with van der Waals surface area (Å²) in [7, 11) is 0. The van der Waals surface area contributed by atoms with Crippen molar-refractivity contribution in [3.05, 3.63) is 66.7 Å². The lowest BCUT2D eigenvalue weighted by Gasteiger charge is -2.30. The minimum atomic E-state index is -0.856. The first-order valence-corrected chi connectivity index (χ1v) is 11.5. The molecular weight excluding hydrogens is 444 g/mol. The molecule has 2 aromatic carbocycles. The van der Waals surface area contributed by atoms with Crippen molar-refractivity contribution in [2.24, 2.45) is 0 Å². The molecule has 0 spiro atoms. The number of carboxylic acid groups (broad SMARTS) is 1. The largest absolute Gasteiger partial charge is 0.465 e. The third-order valence-electron chi connectivity index (χ3n) is 6.35. The first-order chi connectivity index (χ1) is 17.1. The molecule has 0 saturated carbocycles. The number of anilines is 3. The molecule has 1 fully saturated rings. The molecule has 35 heavy (non-hydrogen) atoms. The summed E-state index contributed by atoms with van der Waals surface area (Å²) in [5.41, 5.74) is 4.53. The summed E-state index contributed by atoms with van der Waals surface area (Å²) in [5.74, 6) is 1.29. The van der Waals surface area contributed by atoms with Crippen molar-refractivity contribution < 1.29 is 9.90 Å². The highest BCUT2D eigenvalue weighted by Crippen LogP contribution is 2.27. The number of H-pyrrole nitrogens is 1. The minimum absolute atomic E-state index is 0.191. The standard InChI is InChI=1S/C25H24N8O2/c34-25(35)32-13-11-17(12-14-32)26-23-19-10-9-18(15-20(19)29-30-23)27-24-28-22-8-4-7-21(33(22)31-24)16-5-2-1-3-6-16/h1-10,15,17H,11-14H2,(H,27,31)(H,34,35)(H2,26,29,30). The van der Waals surface area contributed by atoms with Gasteiger partial charge in [0, 0.05) is 35.8 Å². The predicted octanol–water partition coefficient (Wildman–Crippen LogP) is 4.57. The number of piperidine rings is 1. The third kappa shape index (κ3) is 4.10. The van der Waals surface area contributed by atoms with Crippen molar-refractivity contribution in [2.45, 2.75) is 18.9 Å². The van der Waals surface area contributed by atoms with E-state index in [0.717, 1.165) is 52.2 Å². The van der Waals surface area contributed by atoms with Crippen molar-refractivity contribution in [1.82, 2.24) is 29.7 Å². The van der Waals surface area contributed by atoms with Crippen molar-refractivity contribution in [3.8, 4) is 11.3 Å². The molecule has 0 bridgehead atoms. The number of hydrogen-bond donors (Lipinski definition) is 4. The Morgan fingerprint density at radius 3 is 2.66 bits per heavy atom. The highest BCUT2D eigenvalue weighted by molar-refractivity contribution is 5.92. The molecule has 1 saturated heterocycles. The number of hydrogen-bond acceptors (Lipinski definition) is 6. The van der Waals surface area contributed by atoms with Gasteiger partial charge in [0.15, 0.2) is 11.5 Å². The molecule has 4 heterocycles. The van der Waals surface area contributed by atoms with Crippen LogP contribution in [0.1, 0.15) is 12.8 Å². The average molecular weight is 469 g/mol. The monoisotopic (exact) mass is 468 g/mol. The van der Waals surface area contributed by atoms with Crippen LogP contribution in [0.5, 0.6) is 0 Å². The van der Waals surface area contributed by atoms with E-state index in [1.807, 2.05) is 59.1 Å². The Morgan fingerprint density at radius 2 is 1.86 bits per heavy atom. The molecule has 5 aromatic rings. The van der Waals surface area contributed by atoms with Crippen LogP contribution in [-0.4, -0.2) is 60.0 Å². The maximum absolute atomic E-state index is 11.1. The first-order valence-electron chi connectivity index (χ1n) is 11.5. The van der Waals surface area contributed by atoms with Gasteiger partial charge in [-0.2, -0.15) is 10.1 Å². The van der Waals surface area contributed by atoms with Gasteiger partial charge in [0.1, 0.15) is 0 Å². The molecule has 6 rings (SSSR count). The Labute approximate surface area is 200 Å². The molecule has 0 radical (unpaired) electrons. The Morgan fingerprint density at radius 1 is 1.03 bits per heavy atom. The topological polar surface area (TPSA) is 123 Å². The number of rotatable bonds is 5. The number of aromatic nitrogens is 5. The van der Waals surface area contributed by atoms with E-state index in [1.165, 1.54) is 4.90 Å². The lowest BCUT2D eigenvalue weighted by Crippen LogP contribution is -2.41. The van der Waals surface area contributed by atoms with Crippen molar-refractivity contribution >= 4 is 40.1 Å². The van der Waals surface area contributed by atoms with Crippen molar-refractivity contribution in [2.75, 3.05) is 23.7 Å². The zero-order valence-electron chi connectivity index (χ0n) is 18.8. The van der Waals surface area contributed by atoms with Crippen LogP contribution in [0, 0.1) is 0 Å². The summed E-state index contributed by atoms with van der Waals surface area (Å²) in [5, 5.41) is 29.1. The van der Waals surface area contributed by atoms with Crippen LogP contribution in [0.4, 0.5) is 22.2 Å². The Balaban J connectivity index is 1.20. The number of benzene rings is 2. The fourth-order valence-corrected chi connectivity index (χ4v) is 4.53. The molecule has 4 N–H and O–H groups in total. The number of carbonyl (C=O) groups is 1. The molecule has 1 aliphatic rings. The van der Waals surface area contributed by atoms with Gasteiger partial charge in [0.25, 0.3) is 0 Å². The smallest absolute Gasteiger partial charge is 0.407 e. The fraction of sp³-hybridized carbons (Fsp3) is 0.200. The molecular formula is C25H24N8O2. The van der Waals surface area contributed by atoms with E-state index >= 15 is 0 Å². The Kier molecular flexibility index (Phi) is 5.17. The van der Waals surface area contributed by atoms with Gasteiger partial charge in [-0.05, 0) is 43.2 Å². The quantitative estimate of drug-likeness (QED) is 0.298. The lowest BCUT2D eigenvalue weighted by atomic mass is 10.1. The van der Waals surface area contributed by atoms with E-state index in [-0.39, 0.29) is 6.04 Å². The van der Waals surface area contributed by atoms with Gasteiger partial charge in [-0.25, -0.2) is 9.31 Å². The van der Waals surface area contributed by atoms with Crippen LogP contribution in [0.2, 0.25) is 0 Å². The lowest BCUT2D eigenvalue weighted by molar-refractivity contribution is 0.134.